The molecule has 0 unspecified atom stereocenters. The van der Waals surface area contributed by atoms with Gasteiger partial charge >= 0.3 is 5.97 Å². The van der Waals surface area contributed by atoms with Crippen molar-refractivity contribution in [3.8, 4) is 5.75 Å². The summed E-state index contributed by atoms with van der Waals surface area (Å²) < 4.78 is 16.4. The maximum Gasteiger partial charge on any atom is 0.374 e. The Balaban J connectivity index is 1.55. The van der Waals surface area contributed by atoms with Crippen molar-refractivity contribution in [1.82, 2.24) is 0 Å². The molecule has 25 heavy (non-hydrogen) atoms. The molecule has 0 aliphatic carbocycles. The molecule has 0 N–H and O–H groups in total. The number of esters is 1. The second-order valence-corrected chi connectivity index (χ2v) is 5.95. The summed E-state index contributed by atoms with van der Waals surface area (Å²) in [4.78, 5) is 12.1. The number of furan rings is 1. The predicted octanol–water partition coefficient (Wildman–Crippen LogP) is 5.18. The van der Waals surface area contributed by atoms with Gasteiger partial charge in [0.25, 0.3) is 0 Å². The fourth-order valence-corrected chi connectivity index (χ4v) is 2.44. The molecule has 0 spiro atoms. The second-order valence-electron chi connectivity index (χ2n) is 5.51. The Morgan fingerprint density at radius 3 is 2.68 bits per heavy atom. The average molecular weight is 357 g/mol. The van der Waals surface area contributed by atoms with Gasteiger partial charge in [0.05, 0.1) is 0 Å². The van der Waals surface area contributed by atoms with Gasteiger partial charge in [-0.1, -0.05) is 41.9 Å². The van der Waals surface area contributed by atoms with Crippen molar-refractivity contribution in [2.75, 3.05) is 0 Å². The third-order valence-corrected chi connectivity index (χ3v) is 3.90. The first-order chi connectivity index (χ1) is 12.1. The van der Waals surface area contributed by atoms with E-state index in [0.717, 1.165) is 11.1 Å². The summed E-state index contributed by atoms with van der Waals surface area (Å²) in [7, 11) is 0. The quantitative estimate of drug-likeness (QED) is 0.571. The molecule has 0 radical (unpaired) electrons. The summed E-state index contributed by atoms with van der Waals surface area (Å²) in [6.45, 7) is 2.38. The highest BCUT2D eigenvalue weighted by Gasteiger charge is 2.13. The number of benzene rings is 2. The molecule has 0 amide bonds. The van der Waals surface area contributed by atoms with Gasteiger partial charge in [-0.25, -0.2) is 4.79 Å². The lowest BCUT2D eigenvalue weighted by Gasteiger charge is -2.06. The Kier molecular flexibility index (Phi) is 5.41. The summed E-state index contributed by atoms with van der Waals surface area (Å²) in [6.07, 6.45) is 0. The number of halogens is 1. The van der Waals surface area contributed by atoms with Crippen LogP contribution in [0.2, 0.25) is 5.02 Å². The molecule has 4 nitrogen and oxygen atoms in total. The van der Waals surface area contributed by atoms with Gasteiger partial charge in [0, 0.05) is 5.02 Å². The summed E-state index contributed by atoms with van der Waals surface area (Å²) in [5.74, 6) is 0.811. The highest BCUT2D eigenvalue weighted by atomic mass is 35.5. The predicted molar refractivity (Wildman–Crippen MR) is 94.8 cm³/mol. The monoisotopic (exact) mass is 356 g/mol. The van der Waals surface area contributed by atoms with Crippen LogP contribution >= 0.6 is 11.6 Å². The lowest BCUT2D eigenvalue weighted by molar-refractivity contribution is 0.0431. The van der Waals surface area contributed by atoms with Crippen LogP contribution in [0.4, 0.5) is 0 Å². The van der Waals surface area contributed by atoms with Gasteiger partial charge in [-0.15, -0.1) is 0 Å². The van der Waals surface area contributed by atoms with Crippen molar-refractivity contribution in [3.63, 3.8) is 0 Å². The first-order valence-electron chi connectivity index (χ1n) is 7.80. The molecular formula is C20H17ClO4. The Labute approximate surface area is 150 Å². The molecule has 1 heterocycles. The van der Waals surface area contributed by atoms with Gasteiger partial charge in [-0.05, 0) is 48.4 Å². The van der Waals surface area contributed by atoms with E-state index in [1.807, 2.05) is 31.2 Å². The molecule has 5 heteroatoms. The molecular weight excluding hydrogens is 340 g/mol. The van der Waals surface area contributed by atoms with Crippen LogP contribution in [-0.2, 0) is 18.0 Å². The fourth-order valence-electron chi connectivity index (χ4n) is 2.26. The molecule has 2 aromatic carbocycles. The molecule has 0 bridgehead atoms. The SMILES string of the molecule is Cc1ccccc1COC(=O)c1ccc(COc2cccc(Cl)c2)o1. The maximum absolute atomic E-state index is 12.1. The number of ether oxygens (including phenoxy) is 2. The highest BCUT2D eigenvalue weighted by molar-refractivity contribution is 6.30. The Bertz CT molecular complexity index is 869. The molecule has 0 atom stereocenters. The molecule has 3 rings (SSSR count). The Hall–Kier alpha value is -2.72. The molecule has 3 aromatic rings. The van der Waals surface area contributed by atoms with E-state index in [4.69, 9.17) is 25.5 Å². The zero-order valence-electron chi connectivity index (χ0n) is 13.7. The van der Waals surface area contributed by atoms with Crippen LogP contribution in [0.5, 0.6) is 5.75 Å². The highest BCUT2D eigenvalue weighted by Crippen LogP contribution is 2.19. The molecule has 0 aliphatic rings. The first-order valence-corrected chi connectivity index (χ1v) is 8.18. The largest absolute Gasteiger partial charge is 0.486 e. The minimum absolute atomic E-state index is 0.151. The first kappa shape index (κ1) is 17.1. The molecule has 0 saturated carbocycles. The number of aryl methyl sites for hydroxylation is 1. The van der Waals surface area contributed by atoms with Gasteiger partial charge in [-0.2, -0.15) is 0 Å². The third-order valence-electron chi connectivity index (χ3n) is 3.66. The van der Waals surface area contributed by atoms with E-state index >= 15 is 0 Å². The maximum atomic E-state index is 12.1. The van der Waals surface area contributed by atoms with Crippen molar-refractivity contribution in [3.05, 3.63) is 88.3 Å². The van der Waals surface area contributed by atoms with Crippen molar-refractivity contribution in [2.24, 2.45) is 0 Å². The van der Waals surface area contributed by atoms with E-state index in [0.29, 0.717) is 16.5 Å². The van der Waals surface area contributed by atoms with Gasteiger partial charge in [0.15, 0.2) is 0 Å². The zero-order chi connectivity index (χ0) is 17.6. The topological polar surface area (TPSA) is 48.7 Å². The minimum Gasteiger partial charge on any atom is -0.486 e. The lowest BCUT2D eigenvalue weighted by atomic mass is 10.1. The van der Waals surface area contributed by atoms with Crippen LogP contribution in [0.1, 0.15) is 27.4 Å². The van der Waals surface area contributed by atoms with Crippen molar-refractivity contribution < 1.29 is 18.7 Å². The molecule has 0 aliphatic heterocycles. The Morgan fingerprint density at radius 2 is 1.88 bits per heavy atom. The van der Waals surface area contributed by atoms with Crippen molar-refractivity contribution in [2.45, 2.75) is 20.1 Å². The number of hydrogen-bond donors (Lipinski definition) is 0. The van der Waals surface area contributed by atoms with E-state index in [1.165, 1.54) is 0 Å². The molecule has 0 saturated heterocycles. The third kappa shape index (κ3) is 4.64. The lowest BCUT2D eigenvalue weighted by Crippen LogP contribution is -2.05. The zero-order valence-corrected chi connectivity index (χ0v) is 14.5. The normalized spacial score (nSPS) is 10.5. The van der Waals surface area contributed by atoms with Crippen LogP contribution in [0, 0.1) is 6.92 Å². The number of rotatable bonds is 6. The number of hydrogen-bond acceptors (Lipinski definition) is 4. The second kappa shape index (κ2) is 7.90. The summed E-state index contributed by atoms with van der Waals surface area (Å²) in [6, 6.07) is 18.1. The van der Waals surface area contributed by atoms with Crippen LogP contribution < -0.4 is 4.74 Å². The summed E-state index contributed by atoms with van der Waals surface area (Å²) >= 11 is 5.90. The standard InChI is InChI=1S/C20H17ClO4/c1-14-5-2-3-6-15(14)12-24-20(22)19-10-9-18(25-19)13-23-17-8-4-7-16(21)11-17/h2-11H,12-13H2,1H3. The molecule has 1 aromatic heterocycles. The van der Waals surface area contributed by atoms with Gasteiger partial charge < -0.3 is 13.9 Å². The van der Waals surface area contributed by atoms with Crippen molar-refractivity contribution >= 4 is 17.6 Å². The van der Waals surface area contributed by atoms with Gasteiger partial charge in [0.2, 0.25) is 5.76 Å². The smallest absolute Gasteiger partial charge is 0.374 e. The molecule has 128 valence electrons. The summed E-state index contributed by atoms with van der Waals surface area (Å²) in [5.41, 5.74) is 2.04. The van der Waals surface area contributed by atoms with E-state index in [9.17, 15) is 4.79 Å². The van der Waals surface area contributed by atoms with Crippen LogP contribution in [0.3, 0.4) is 0 Å². The number of carbonyl (C=O) groups is 1. The average Bonchev–Trinajstić information content (AvgIpc) is 3.08. The van der Waals surface area contributed by atoms with Crippen LogP contribution in [0.15, 0.2) is 65.1 Å². The van der Waals surface area contributed by atoms with Crippen LogP contribution in [0.25, 0.3) is 0 Å². The fraction of sp³-hybridized carbons (Fsp3) is 0.150. The van der Waals surface area contributed by atoms with E-state index < -0.39 is 5.97 Å². The summed E-state index contributed by atoms with van der Waals surface area (Å²) in [5, 5.41) is 0.595. The number of carbonyl (C=O) groups excluding carboxylic acids is 1. The van der Waals surface area contributed by atoms with Crippen molar-refractivity contribution in [1.29, 1.82) is 0 Å². The van der Waals surface area contributed by atoms with Gasteiger partial charge in [-0.3, -0.25) is 0 Å². The van der Waals surface area contributed by atoms with E-state index in [-0.39, 0.29) is 19.0 Å². The Morgan fingerprint density at radius 1 is 1.04 bits per heavy atom. The molecule has 0 fully saturated rings. The van der Waals surface area contributed by atoms with Gasteiger partial charge in [0.1, 0.15) is 24.7 Å². The van der Waals surface area contributed by atoms with E-state index in [2.05, 4.69) is 0 Å². The minimum atomic E-state index is -0.503. The van der Waals surface area contributed by atoms with Crippen LogP contribution in [-0.4, -0.2) is 5.97 Å². The van der Waals surface area contributed by atoms with E-state index in [1.54, 1.807) is 36.4 Å².